The molecule has 3 aliphatic rings. The summed E-state index contributed by atoms with van der Waals surface area (Å²) in [4.78, 5) is 33.6. The summed E-state index contributed by atoms with van der Waals surface area (Å²) >= 11 is 0. The lowest BCUT2D eigenvalue weighted by Crippen LogP contribution is -2.42. The summed E-state index contributed by atoms with van der Waals surface area (Å²) in [7, 11) is 1.40. The monoisotopic (exact) mass is 433 g/mol. The SMILES string of the molecule is COC(=O)N1CCc2ccc(C(=O)C3CCC4(CC3)CCN(c3ccncc3)CC4)cc21. The molecule has 1 amide bonds. The van der Waals surface area contributed by atoms with Gasteiger partial charge in [0, 0.05) is 49.2 Å². The number of methoxy groups -OCH3 is 1. The van der Waals surface area contributed by atoms with Gasteiger partial charge in [-0.25, -0.2) is 4.79 Å². The fourth-order valence-electron chi connectivity index (χ4n) is 5.85. The number of hydrogen-bond acceptors (Lipinski definition) is 5. The van der Waals surface area contributed by atoms with Gasteiger partial charge in [-0.1, -0.05) is 12.1 Å². The molecule has 2 fully saturated rings. The summed E-state index contributed by atoms with van der Waals surface area (Å²) < 4.78 is 4.90. The zero-order chi connectivity index (χ0) is 22.1. The number of ether oxygens (including phenoxy) is 1. The van der Waals surface area contributed by atoms with Gasteiger partial charge < -0.3 is 9.64 Å². The van der Waals surface area contributed by atoms with Gasteiger partial charge >= 0.3 is 6.09 Å². The van der Waals surface area contributed by atoms with Crippen LogP contribution in [0.1, 0.15) is 54.4 Å². The van der Waals surface area contributed by atoms with Gasteiger partial charge in [-0.05, 0) is 74.1 Å². The van der Waals surface area contributed by atoms with Gasteiger partial charge in [-0.15, -0.1) is 0 Å². The van der Waals surface area contributed by atoms with Crippen molar-refractivity contribution < 1.29 is 14.3 Å². The molecule has 1 aromatic heterocycles. The molecule has 0 unspecified atom stereocenters. The summed E-state index contributed by atoms with van der Waals surface area (Å²) in [5.41, 5.74) is 4.32. The molecule has 2 aliphatic heterocycles. The van der Waals surface area contributed by atoms with Crippen LogP contribution in [-0.2, 0) is 11.2 Å². The quantitative estimate of drug-likeness (QED) is 0.646. The second kappa shape index (κ2) is 8.57. The van der Waals surface area contributed by atoms with E-state index in [1.807, 2.05) is 30.6 Å². The van der Waals surface area contributed by atoms with Crippen LogP contribution in [0.3, 0.4) is 0 Å². The van der Waals surface area contributed by atoms with Gasteiger partial charge in [0.25, 0.3) is 0 Å². The number of anilines is 2. The first-order chi connectivity index (χ1) is 15.6. The fourth-order valence-corrected chi connectivity index (χ4v) is 5.85. The maximum Gasteiger partial charge on any atom is 0.414 e. The second-order valence-corrected chi connectivity index (χ2v) is 9.55. The second-order valence-electron chi connectivity index (χ2n) is 9.55. The van der Waals surface area contributed by atoms with E-state index in [-0.39, 0.29) is 17.8 Å². The molecule has 1 saturated carbocycles. The summed E-state index contributed by atoms with van der Waals surface area (Å²) in [6.07, 6.45) is 10.8. The van der Waals surface area contributed by atoms with Crippen molar-refractivity contribution in [2.45, 2.75) is 44.9 Å². The number of Topliss-reactive ketones (excluding diaryl/α,β-unsaturated/α-hetero) is 1. The first kappa shape index (κ1) is 21.0. The number of pyridine rings is 1. The van der Waals surface area contributed by atoms with Crippen molar-refractivity contribution in [1.82, 2.24) is 4.98 Å². The Morgan fingerprint density at radius 2 is 1.72 bits per heavy atom. The number of nitrogens with zero attached hydrogens (tertiary/aromatic N) is 3. The summed E-state index contributed by atoms with van der Waals surface area (Å²) in [6, 6.07) is 10.0. The van der Waals surface area contributed by atoms with E-state index in [9.17, 15) is 9.59 Å². The van der Waals surface area contributed by atoms with Crippen LogP contribution in [0.25, 0.3) is 0 Å². The number of benzene rings is 1. The Morgan fingerprint density at radius 1 is 1.00 bits per heavy atom. The maximum absolute atomic E-state index is 13.3. The number of fused-ring (bicyclic) bond motifs is 1. The van der Waals surface area contributed by atoms with Crippen LogP contribution >= 0.6 is 0 Å². The molecule has 1 saturated heterocycles. The third kappa shape index (κ3) is 3.87. The van der Waals surface area contributed by atoms with Gasteiger partial charge in [-0.2, -0.15) is 0 Å². The summed E-state index contributed by atoms with van der Waals surface area (Å²) in [5.74, 6) is 0.318. The van der Waals surface area contributed by atoms with Crippen molar-refractivity contribution >= 4 is 23.3 Å². The molecule has 1 aliphatic carbocycles. The van der Waals surface area contributed by atoms with Crippen molar-refractivity contribution in [2.75, 3.05) is 36.5 Å². The average Bonchev–Trinajstić information content (AvgIpc) is 3.28. The number of aromatic nitrogens is 1. The van der Waals surface area contributed by atoms with E-state index in [0.717, 1.165) is 62.0 Å². The fraction of sp³-hybridized carbons (Fsp3) is 0.500. The Hall–Kier alpha value is -2.89. The first-order valence-corrected chi connectivity index (χ1v) is 11.8. The largest absolute Gasteiger partial charge is 0.452 e. The molecule has 0 atom stereocenters. The van der Waals surface area contributed by atoms with E-state index in [4.69, 9.17) is 4.74 Å². The highest BCUT2D eigenvalue weighted by Gasteiger charge is 2.40. The van der Waals surface area contributed by atoms with E-state index >= 15 is 0 Å². The van der Waals surface area contributed by atoms with Crippen molar-refractivity contribution in [1.29, 1.82) is 0 Å². The predicted octanol–water partition coefficient (Wildman–Crippen LogP) is 4.87. The van der Waals surface area contributed by atoms with Crippen LogP contribution < -0.4 is 9.80 Å². The van der Waals surface area contributed by atoms with Crippen molar-refractivity contribution in [3.63, 3.8) is 0 Å². The maximum atomic E-state index is 13.3. The van der Waals surface area contributed by atoms with Crippen LogP contribution in [-0.4, -0.2) is 43.6 Å². The number of piperidine rings is 1. The summed E-state index contributed by atoms with van der Waals surface area (Å²) in [6.45, 7) is 2.77. The minimum absolute atomic E-state index is 0.0879. The number of amides is 1. The Bertz CT molecular complexity index is 989. The van der Waals surface area contributed by atoms with Gasteiger partial charge in [-0.3, -0.25) is 14.7 Å². The molecule has 1 aromatic carbocycles. The zero-order valence-electron chi connectivity index (χ0n) is 18.8. The zero-order valence-corrected chi connectivity index (χ0v) is 18.8. The van der Waals surface area contributed by atoms with E-state index in [1.165, 1.54) is 25.6 Å². The Balaban J connectivity index is 1.21. The van der Waals surface area contributed by atoms with Gasteiger partial charge in [0.1, 0.15) is 0 Å². The lowest BCUT2D eigenvalue weighted by molar-refractivity contribution is 0.0750. The molecule has 6 heteroatoms. The first-order valence-electron chi connectivity index (χ1n) is 11.8. The van der Waals surface area contributed by atoms with Crippen LogP contribution in [0.4, 0.5) is 16.2 Å². The molecule has 168 valence electrons. The highest BCUT2D eigenvalue weighted by atomic mass is 16.5. The summed E-state index contributed by atoms with van der Waals surface area (Å²) in [5, 5.41) is 0. The number of carbonyl (C=O) groups excluding carboxylic acids is 2. The smallest absolute Gasteiger partial charge is 0.414 e. The Morgan fingerprint density at radius 3 is 2.41 bits per heavy atom. The highest BCUT2D eigenvalue weighted by Crippen LogP contribution is 2.47. The molecule has 2 aromatic rings. The highest BCUT2D eigenvalue weighted by molar-refractivity contribution is 6.00. The molecular weight excluding hydrogens is 402 g/mol. The van der Waals surface area contributed by atoms with Crippen LogP contribution in [0, 0.1) is 11.3 Å². The molecule has 0 N–H and O–H groups in total. The van der Waals surface area contributed by atoms with E-state index in [1.54, 1.807) is 4.90 Å². The average molecular weight is 434 g/mol. The third-order valence-electron chi connectivity index (χ3n) is 7.93. The molecule has 0 bridgehead atoms. The normalized spacial score (nSPS) is 20.3. The van der Waals surface area contributed by atoms with Gasteiger partial charge in [0.05, 0.1) is 12.8 Å². The lowest BCUT2D eigenvalue weighted by Gasteiger charge is -2.46. The van der Waals surface area contributed by atoms with Crippen molar-refractivity contribution in [3.05, 3.63) is 53.9 Å². The molecular formula is C26H31N3O3. The van der Waals surface area contributed by atoms with Crippen molar-refractivity contribution in [3.8, 4) is 0 Å². The molecule has 32 heavy (non-hydrogen) atoms. The van der Waals surface area contributed by atoms with Crippen LogP contribution in [0.5, 0.6) is 0 Å². The minimum Gasteiger partial charge on any atom is -0.452 e. The van der Waals surface area contributed by atoms with E-state index < -0.39 is 0 Å². The Kier molecular flexibility index (Phi) is 5.62. The predicted molar refractivity (Wildman–Crippen MR) is 124 cm³/mol. The Labute approximate surface area is 189 Å². The topological polar surface area (TPSA) is 62.7 Å². The molecule has 1 spiro atoms. The lowest BCUT2D eigenvalue weighted by atomic mass is 9.64. The van der Waals surface area contributed by atoms with Crippen LogP contribution in [0.2, 0.25) is 0 Å². The molecule has 6 nitrogen and oxygen atoms in total. The molecule has 3 heterocycles. The number of carbonyl (C=O) groups is 2. The number of hydrogen-bond donors (Lipinski definition) is 0. The molecule has 0 radical (unpaired) electrons. The van der Waals surface area contributed by atoms with E-state index in [0.29, 0.717) is 12.0 Å². The number of ketones is 1. The van der Waals surface area contributed by atoms with Crippen LogP contribution in [0.15, 0.2) is 42.7 Å². The van der Waals surface area contributed by atoms with E-state index in [2.05, 4.69) is 22.0 Å². The van der Waals surface area contributed by atoms with Gasteiger partial charge in [0.15, 0.2) is 5.78 Å². The minimum atomic E-state index is -0.355. The van der Waals surface area contributed by atoms with Crippen molar-refractivity contribution in [2.24, 2.45) is 11.3 Å². The number of rotatable bonds is 3. The standard InChI is InChI=1S/C26H31N3O3/c1-32-25(31)29-15-8-19-2-3-21(18-23(19)29)24(30)20-4-9-26(10-5-20)11-16-28(17-12-26)22-6-13-27-14-7-22/h2-3,6-7,13-14,18,20H,4-5,8-12,15-17H2,1H3. The molecule has 5 rings (SSSR count). The third-order valence-corrected chi connectivity index (χ3v) is 7.93. The van der Waals surface area contributed by atoms with Gasteiger partial charge in [0.2, 0.25) is 0 Å².